The lowest BCUT2D eigenvalue weighted by Gasteiger charge is -2.14. The molecule has 1 aromatic carbocycles. The Kier molecular flexibility index (Phi) is 4.87. The topological polar surface area (TPSA) is 49.3 Å². The van der Waals surface area contributed by atoms with Crippen LogP contribution in [0.3, 0.4) is 0 Å². The molecule has 1 rings (SSSR count). The molecule has 0 heterocycles. The fourth-order valence-electron chi connectivity index (χ4n) is 1.29. The SMILES string of the molecule is CCCC(Nc1ccc(I)cc1)C(=O)O. The number of nitrogens with one attached hydrogen (secondary N) is 1. The average Bonchev–Trinajstić information content (AvgIpc) is 2.20. The Bertz CT molecular complexity index is 324. The highest BCUT2D eigenvalue weighted by atomic mass is 127. The van der Waals surface area contributed by atoms with Crippen LogP contribution in [-0.4, -0.2) is 17.1 Å². The first-order valence-electron chi connectivity index (χ1n) is 4.88. The van der Waals surface area contributed by atoms with Crippen molar-refractivity contribution in [3.05, 3.63) is 27.8 Å². The van der Waals surface area contributed by atoms with E-state index in [-0.39, 0.29) is 0 Å². The standard InChI is InChI=1S/C11H14INO2/c1-2-3-10(11(14)15)13-9-6-4-8(12)5-7-9/h4-7,10,13H,2-3H2,1H3,(H,14,15). The summed E-state index contributed by atoms with van der Waals surface area (Å²) in [5.74, 6) is -0.796. The lowest BCUT2D eigenvalue weighted by atomic mass is 10.1. The zero-order chi connectivity index (χ0) is 11.3. The molecule has 3 nitrogen and oxygen atoms in total. The number of carboxylic acid groups (broad SMARTS) is 1. The Morgan fingerprint density at radius 2 is 2.07 bits per heavy atom. The highest BCUT2D eigenvalue weighted by Crippen LogP contribution is 2.13. The van der Waals surface area contributed by atoms with Crippen LogP contribution >= 0.6 is 22.6 Å². The minimum absolute atomic E-state index is 0.491. The molecule has 0 fully saturated rings. The molecule has 0 aliphatic heterocycles. The number of benzene rings is 1. The maximum Gasteiger partial charge on any atom is 0.326 e. The predicted molar refractivity (Wildman–Crippen MR) is 69.1 cm³/mol. The second kappa shape index (κ2) is 5.95. The van der Waals surface area contributed by atoms with E-state index < -0.39 is 12.0 Å². The van der Waals surface area contributed by atoms with Crippen molar-refractivity contribution in [2.45, 2.75) is 25.8 Å². The number of halogens is 1. The van der Waals surface area contributed by atoms with Gasteiger partial charge in [0.25, 0.3) is 0 Å². The number of anilines is 1. The van der Waals surface area contributed by atoms with Crippen LogP contribution in [0.15, 0.2) is 24.3 Å². The minimum atomic E-state index is -0.796. The second-order valence-corrected chi connectivity index (χ2v) is 4.58. The molecule has 0 spiro atoms. The van der Waals surface area contributed by atoms with E-state index in [1.54, 1.807) is 0 Å². The van der Waals surface area contributed by atoms with Gasteiger partial charge in [-0.3, -0.25) is 0 Å². The fraction of sp³-hybridized carbons (Fsp3) is 0.364. The molecular weight excluding hydrogens is 305 g/mol. The molecule has 82 valence electrons. The molecule has 4 heteroatoms. The molecule has 15 heavy (non-hydrogen) atoms. The largest absolute Gasteiger partial charge is 0.480 e. The smallest absolute Gasteiger partial charge is 0.326 e. The molecule has 1 unspecified atom stereocenters. The van der Waals surface area contributed by atoms with Crippen molar-refractivity contribution in [3.8, 4) is 0 Å². The first-order valence-corrected chi connectivity index (χ1v) is 5.96. The molecule has 0 saturated carbocycles. The van der Waals surface area contributed by atoms with Gasteiger partial charge in [-0.25, -0.2) is 4.79 Å². The van der Waals surface area contributed by atoms with Crippen LogP contribution in [0.5, 0.6) is 0 Å². The molecular formula is C11H14INO2. The Hall–Kier alpha value is -0.780. The summed E-state index contributed by atoms with van der Waals surface area (Å²) in [5.41, 5.74) is 0.858. The number of aliphatic carboxylic acids is 1. The summed E-state index contributed by atoms with van der Waals surface area (Å²) < 4.78 is 1.14. The highest BCUT2D eigenvalue weighted by Gasteiger charge is 2.15. The molecule has 0 amide bonds. The Morgan fingerprint density at radius 1 is 1.47 bits per heavy atom. The summed E-state index contributed by atoms with van der Waals surface area (Å²) in [6.07, 6.45) is 1.50. The van der Waals surface area contributed by atoms with Crippen molar-refractivity contribution in [2.75, 3.05) is 5.32 Å². The van der Waals surface area contributed by atoms with Gasteiger partial charge in [0.15, 0.2) is 0 Å². The van der Waals surface area contributed by atoms with Crippen molar-refractivity contribution < 1.29 is 9.90 Å². The third kappa shape index (κ3) is 4.07. The predicted octanol–water partition coefficient (Wildman–Crippen LogP) is 2.96. The van der Waals surface area contributed by atoms with Crippen LogP contribution in [0.1, 0.15) is 19.8 Å². The van der Waals surface area contributed by atoms with Crippen LogP contribution in [0, 0.1) is 3.57 Å². The Labute approximate surface area is 103 Å². The lowest BCUT2D eigenvalue weighted by molar-refractivity contribution is -0.138. The van der Waals surface area contributed by atoms with Crippen molar-refractivity contribution in [1.29, 1.82) is 0 Å². The zero-order valence-corrected chi connectivity index (χ0v) is 10.7. The van der Waals surface area contributed by atoms with Gasteiger partial charge < -0.3 is 10.4 Å². The van der Waals surface area contributed by atoms with Crippen molar-refractivity contribution in [3.63, 3.8) is 0 Å². The first-order chi connectivity index (χ1) is 7.13. The van der Waals surface area contributed by atoms with E-state index in [2.05, 4.69) is 27.9 Å². The van der Waals surface area contributed by atoms with Gasteiger partial charge in [-0.15, -0.1) is 0 Å². The minimum Gasteiger partial charge on any atom is -0.480 e. The summed E-state index contributed by atoms with van der Waals surface area (Å²) in [4.78, 5) is 10.9. The first kappa shape index (κ1) is 12.3. The van der Waals surface area contributed by atoms with E-state index in [4.69, 9.17) is 5.11 Å². The summed E-state index contributed by atoms with van der Waals surface area (Å²) in [6.45, 7) is 1.98. The monoisotopic (exact) mass is 319 g/mol. The molecule has 1 aromatic rings. The van der Waals surface area contributed by atoms with Gasteiger partial charge in [-0.2, -0.15) is 0 Å². The third-order valence-electron chi connectivity index (χ3n) is 2.06. The van der Waals surface area contributed by atoms with Gasteiger partial charge in [-0.1, -0.05) is 13.3 Å². The van der Waals surface area contributed by atoms with Crippen molar-refractivity contribution >= 4 is 34.2 Å². The molecule has 0 aliphatic carbocycles. The summed E-state index contributed by atoms with van der Waals surface area (Å²) in [7, 11) is 0. The molecule has 0 bridgehead atoms. The van der Waals surface area contributed by atoms with E-state index in [9.17, 15) is 4.79 Å². The molecule has 0 aliphatic rings. The summed E-state index contributed by atoms with van der Waals surface area (Å²) >= 11 is 2.22. The van der Waals surface area contributed by atoms with Gasteiger partial charge in [0, 0.05) is 9.26 Å². The Morgan fingerprint density at radius 3 is 2.53 bits per heavy atom. The maximum absolute atomic E-state index is 10.9. The number of carboxylic acids is 1. The number of hydrogen-bond acceptors (Lipinski definition) is 2. The molecule has 1 atom stereocenters. The number of hydrogen-bond donors (Lipinski definition) is 2. The van der Waals surface area contributed by atoms with Crippen molar-refractivity contribution in [1.82, 2.24) is 0 Å². The third-order valence-corrected chi connectivity index (χ3v) is 2.78. The van der Waals surface area contributed by atoms with Gasteiger partial charge in [-0.05, 0) is 53.3 Å². The lowest BCUT2D eigenvalue weighted by Crippen LogP contribution is -2.28. The normalized spacial score (nSPS) is 12.1. The zero-order valence-electron chi connectivity index (χ0n) is 8.53. The molecule has 0 aromatic heterocycles. The average molecular weight is 319 g/mol. The van der Waals surface area contributed by atoms with Crippen molar-refractivity contribution in [2.24, 2.45) is 0 Å². The second-order valence-electron chi connectivity index (χ2n) is 3.33. The highest BCUT2D eigenvalue weighted by molar-refractivity contribution is 14.1. The summed E-state index contributed by atoms with van der Waals surface area (Å²) in [5, 5.41) is 12.0. The summed E-state index contributed by atoms with van der Waals surface area (Å²) in [6, 6.07) is 7.21. The van der Waals surface area contributed by atoms with Gasteiger partial charge in [0.1, 0.15) is 6.04 Å². The van der Waals surface area contributed by atoms with E-state index in [0.717, 1.165) is 15.7 Å². The van der Waals surface area contributed by atoms with E-state index in [1.165, 1.54) is 0 Å². The maximum atomic E-state index is 10.9. The van der Waals surface area contributed by atoms with Crippen LogP contribution < -0.4 is 5.32 Å². The van der Waals surface area contributed by atoms with Crippen LogP contribution in [0.4, 0.5) is 5.69 Å². The molecule has 0 radical (unpaired) electrons. The van der Waals surface area contributed by atoms with Crippen LogP contribution in [-0.2, 0) is 4.79 Å². The van der Waals surface area contributed by atoms with E-state index >= 15 is 0 Å². The quantitative estimate of drug-likeness (QED) is 0.821. The molecule has 0 saturated heterocycles. The van der Waals surface area contributed by atoms with E-state index in [0.29, 0.717) is 6.42 Å². The van der Waals surface area contributed by atoms with Gasteiger partial charge in [0.2, 0.25) is 0 Å². The number of carbonyl (C=O) groups is 1. The van der Waals surface area contributed by atoms with Gasteiger partial charge in [0.05, 0.1) is 0 Å². The fourth-order valence-corrected chi connectivity index (χ4v) is 1.65. The van der Waals surface area contributed by atoms with Crippen LogP contribution in [0.25, 0.3) is 0 Å². The Balaban J connectivity index is 2.65. The molecule has 2 N–H and O–H groups in total. The van der Waals surface area contributed by atoms with E-state index in [1.807, 2.05) is 31.2 Å². The van der Waals surface area contributed by atoms with Crippen LogP contribution in [0.2, 0.25) is 0 Å². The number of rotatable bonds is 5. The van der Waals surface area contributed by atoms with Gasteiger partial charge >= 0.3 is 5.97 Å².